The Morgan fingerprint density at radius 2 is 0.806 bits per heavy atom. The number of esters is 1. The van der Waals surface area contributed by atoms with Crippen LogP contribution in [0.4, 0.5) is 69.4 Å². The fourth-order valence-corrected chi connectivity index (χ4v) is 14.5. The number of carbonyl (C=O) groups is 5. The number of unbranched alkanes of at least 4 members (excludes halogenated alkanes) is 1. The van der Waals surface area contributed by atoms with Crippen LogP contribution in [0.15, 0.2) is 91.8 Å². The second kappa shape index (κ2) is 35.9. The number of rotatable bonds is 18. The van der Waals surface area contributed by atoms with Gasteiger partial charge in [0.2, 0.25) is 29.7 Å². The zero-order chi connectivity index (χ0) is 74.9. The van der Waals surface area contributed by atoms with Gasteiger partial charge < -0.3 is 95.1 Å². The summed E-state index contributed by atoms with van der Waals surface area (Å²) in [7, 11) is 0. The molecular weight excluding hydrogens is 1380 g/mol. The molecule has 108 heavy (non-hydrogen) atoms. The SMILES string of the molecule is C1CCOC1.CC(=O)N1CCN(c2ccc(Nc3nc(N4CCCC(C(=O)O)C4)c4[nH]cnc4n3)cc2)CC1.CCCCOC(=O)C1CCCN(c2nc(Nc3ccc(N4CCN(C(C)=O)CC4)cc3)nc3nc[nH]c23)C1.O=C(O)C1CCCN(c2nc(Nc3ccc(N4CCNCC4)cc3)nc3nc[nH]c23)C1. The van der Waals surface area contributed by atoms with E-state index in [2.05, 4.69) is 117 Å². The summed E-state index contributed by atoms with van der Waals surface area (Å²) in [5, 5.41) is 32.1. The standard InChI is InChI=1S/C27H36N8O3.C23H28N8O3.C21H26N8O2.C4H8O/c1-3-4-16-38-26(37)20-6-5-11-35(17-20)25-23-24(29-18-28-23)31-27(32-25)30-21-7-9-22(10-8-21)34-14-12-33(13-15-34)19(2)36;1-15(32)29-9-11-30(12-10-29)18-6-4-17(5-7-18)26-23-27-20-19(24-14-25-20)21(28-23)31-8-2-3-16(13-31)22(33)34;30-20(31)14-2-1-9-29(12-14)19-17-18(24-13-23-17)26-21(27-19)25-15-3-5-16(6-4-15)28-10-7-22-8-11-28;1-2-4-5-3-1/h7-10,18,20H,3-6,11-17H2,1-2H3,(H2,28,29,30,31,32);4-7,14,16H,2-3,8-13H2,1H3,(H,33,34)(H2,24,25,26,27,28);3-6,13-14,22H,1-2,7-12H2,(H,30,31)(H2,23,24,25,26,27);1-4H2. The third-order valence-corrected chi connectivity index (χ3v) is 20.6. The largest absolute Gasteiger partial charge is 0.481 e. The zero-order valence-electron chi connectivity index (χ0n) is 61.7. The summed E-state index contributed by atoms with van der Waals surface area (Å²) in [5.41, 5.74) is 9.88. The number of hydrogen-bond acceptors (Lipinski definition) is 26. The minimum atomic E-state index is -0.777. The molecule has 16 rings (SSSR count). The lowest BCUT2D eigenvalue weighted by atomic mass is 9.98. The molecule has 572 valence electrons. The molecule has 9 N–H and O–H groups in total. The van der Waals surface area contributed by atoms with Crippen LogP contribution < -0.4 is 50.7 Å². The Balaban J connectivity index is 0.000000139. The van der Waals surface area contributed by atoms with E-state index in [0.717, 1.165) is 195 Å². The van der Waals surface area contributed by atoms with Crippen LogP contribution in [-0.2, 0) is 33.4 Å². The highest BCUT2D eigenvalue weighted by Crippen LogP contribution is 2.34. The number of aromatic nitrogens is 12. The fraction of sp³-hybridized carbons (Fsp3) is 0.493. The molecule has 0 aliphatic carbocycles. The lowest BCUT2D eigenvalue weighted by Gasteiger charge is -2.35. The van der Waals surface area contributed by atoms with Crippen molar-refractivity contribution < 1.29 is 43.7 Å². The van der Waals surface area contributed by atoms with E-state index in [4.69, 9.17) is 24.4 Å². The molecular formula is C75H98N24O9. The van der Waals surface area contributed by atoms with Crippen LogP contribution in [0.25, 0.3) is 33.5 Å². The van der Waals surface area contributed by atoms with E-state index >= 15 is 0 Å². The van der Waals surface area contributed by atoms with Crippen LogP contribution >= 0.6 is 0 Å². The third kappa shape index (κ3) is 19.1. The molecule has 9 aromatic rings. The Morgan fingerprint density at radius 3 is 1.14 bits per heavy atom. The van der Waals surface area contributed by atoms with Crippen LogP contribution in [0.5, 0.6) is 0 Å². The van der Waals surface area contributed by atoms with Crippen LogP contribution in [0, 0.1) is 17.8 Å². The predicted octanol–water partition coefficient (Wildman–Crippen LogP) is 7.99. The molecule has 3 unspecified atom stereocenters. The van der Waals surface area contributed by atoms with Gasteiger partial charge >= 0.3 is 17.9 Å². The number of carbonyl (C=O) groups excluding carboxylic acids is 3. The van der Waals surface area contributed by atoms with E-state index in [1.165, 1.54) is 18.5 Å². The number of carboxylic acids is 2. The van der Waals surface area contributed by atoms with E-state index < -0.39 is 23.8 Å². The van der Waals surface area contributed by atoms with Gasteiger partial charge in [-0.05, 0) is 131 Å². The number of carboxylic acid groups (broad SMARTS) is 2. The number of piperazine rings is 3. The second-order valence-corrected chi connectivity index (χ2v) is 28.0. The first-order valence-corrected chi connectivity index (χ1v) is 37.8. The highest BCUT2D eigenvalue weighted by Gasteiger charge is 2.33. The molecule has 33 heteroatoms. The monoisotopic (exact) mass is 1480 g/mol. The molecule has 0 radical (unpaired) electrons. The maximum Gasteiger partial charge on any atom is 0.310 e. The van der Waals surface area contributed by atoms with Crippen LogP contribution in [0.1, 0.15) is 85.0 Å². The van der Waals surface area contributed by atoms with Gasteiger partial charge in [0, 0.05) is 179 Å². The molecule has 6 aromatic heterocycles. The van der Waals surface area contributed by atoms with Crippen molar-refractivity contribution in [1.29, 1.82) is 0 Å². The smallest absolute Gasteiger partial charge is 0.310 e. The van der Waals surface area contributed by atoms with Crippen molar-refractivity contribution in [2.45, 2.75) is 85.0 Å². The quantitative estimate of drug-likeness (QED) is 0.0290. The first-order valence-electron chi connectivity index (χ1n) is 37.8. The molecule has 7 aliphatic heterocycles. The third-order valence-electron chi connectivity index (χ3n) is 20.6. The number of hydrogen-bond donors (Lipinski definition) is 9. The molecule has 0 spiro atoms. The van der Waals surface area contributed by atoms with Gasteiger partial charge in [0.15, 0.2) is 34.4 Å². The molecule has 7 aliphatic rings. The van der Waals surface area contributed by atoms with E-state index in [1.54, 1.807) is 32.8 Å². The Kier molecular flexibility index (Phi) is 25.0. The van der Waals surface area contributed by atoms with Gasteiger partial charge in [-0.2, -0.15) is 29.9 Å². The first kappa shape index (κ1) is 75.0. The lowest BCUT2D eigenvalue weighted by molar-refractivity contribution is -0.149. The maximum absolute atomic E-state index is 12.6. The van der Waals surface area contributed by atoms with Gasteiger partial charge in [0.1, 0.15) is 16.6 Å². The number of ether oxygens (including phenoxy) is 2. The molecule has 7 fully saturated rings. The summed E-state index contributed by atoms with van der Waals surface area (Å²) < 4.78 is 10.4. The Bertz CT molecular complexity index is 4470. The van der Waals surface area contributed by atoms with Crippen LogP contribution in [0.2, 0.25) is 0 Å². The van der Waals surface area contributed by atoms with Crippen molar-refractivity contribution in [2.75, 3.05) is 183 Å². The highest BCUT2D eigenvalue weighted by atomic mass is 16.5. The fourth-order valence-electron chi connectivity index (χ4n) is 14.5. The Labute approximate surface area is 626 Å². The molecule has 0 saturated carbocycles. The van der Waals surface area contributed by atoms with E-state index in [-0.39, 0.29) is 23.7 Å². The number of piperidine rings is 3. The predicted molar refractivity (Wildman–Crippen MR) is 414 cm³/mol. The van der Waals surface area contributed by atoms with Crippen molar-refractivity contribution in [2.24, 2.45) is 17.8 Å². The first-order chi connectivity index (χ1) is 52.7. The van der Waals surface area contributed by atoms with E-state index in [1.807, 2.05) is 68.1 Å². The summed E-state index contributed by atoms with van der Waals surface area (Å²) in [6.07, 6.45) is 13.9. The molecule has 7 saturated heterocycles. The minimum absolute atomic E-state index is 0.121. The molecule has 13 heterocycles. The Hall–Kier alpha value is -11.2. The zero-order valence-corrected chi connectivity index (χ0v) is 61.7. The van der Waals surface area contributed by atoms with Crippen molar-refractivity contribution in [1.82, 2.24) is 74.9 Å². The number of nitrogens with one attached hydrogen (secondary N) is 7. The van der Waals surface area contributed by atoms with Gasteiger partial charge in [-0.25, -0.2) is 15.0 Å². The van der Waals surface area contributed by atoms with Crippen molar-refractivity contribution in [3.05, 3.63) is 91.8 Å². The Morgan fingerprint density at radius 1 is 0.454 bits per heavy atom. The van der Waals surface area contributed by atoms with E-state index in [9.17, 15) is 34.2 Å². The molecule has 33 nitrogen and oxygen atoms in total. The van der Waals surface area contributed by atoms with Crippen LogP contribution in [0.3, 0.4) is 0 Å². The molecule has 2 amide bonds. The number of fused-ring (bicyclic) bond motifs is 3. The van der Waals surface area contributed by atoms with Gasteiger partial charge in [0.05, 0.1) is 43.3 Å². The summed E-state index contributed by atoms with van der Waals surface area (Å²) >= 11 is 0. The number of aliphatic carboxylic acids is 2. The van der Waals surface area contributed by atoms with Gasteiger partial charge in [-0.1, -0.05) is 13.3 Å². The number of aromatic amines is 3. The number of H-pyrrole nitrogens is 3. The molecule has 3 atom stereocenters. The average Bonchev–Trinajstić information content (AvgIpc) is 1.57. The number of benzene rings is 3. The van der Waals surface area contributed by atoms with Gasteiger partial charge in [0.25, 0.3) is 0 Å². The van der Waals surface area contributed by atoms with Crippen molar-refractivity contribution in [3.63, 3.8) is 0 Å². The highest BCUT2D eigenvalue weighted by molar-refractivity contribution is 5.88. The summed E-state index contributed by atoms with van der Waals surface area (Å²) in [6.45, 7) is 21.7. The molecule has 3 aromatic carbocycles. The number of imidazole rings is 3. The summed E-state index contributed by atoms with van der Waals surface area (Å²) in [5.74, 6) is 1.01. The summed E-state index contributed by atoms with van der Waals surface area (Å²) in [6, 6.07) is 24.4. The van der Waals surface area contributed by atoms with E-state index in [0.29, 0.717) is 91.0 Å². The van der Waals surface area contributed by atoms with Crippen molar-refractivity contribution >= 4 is 133 Å². The average molecular weight is 1480 g/mol. The van der Waals surface area contributed by atoms with Crippen LogP contribution in [-0.4, -0.2) is 247 Å². The number of amides is 2. The summed E-state index contributed by atoms with van der Waals surface area (Å²) in [4.78, 5) is 126. The second-order valence-electron chi connectivity index (χ2n) is 28.0. The number of nitrogens with zero attached hydrogens (tertiary/aromatic N) is 17. The molecule has 0 bridgehead atoms. The lowest BCUT2D eigenvalue weighted by Crippen LogP contribution is -2.48. The topological polar surface area (TPSA) is 382 Å². The minimum Gasteiger partial charge on any atom is -0.481 e. The van der Waals surface area contributed by atoms with Gasteiger partial charge in [-0.15, -0.1) is 0 Å². The van der Waals surface area contributed by atoms with Gasteiger partial charge in [-0.3, -0.25) is 24.0 Å². The number of anilines is 12. The maximum atomic E-state index is 12.6. The van der Waals surface area contributed by atoms with Crippen molar-refractivity contribution in [3.8, 4) is 0 Å². The normalized spacial score (nSPS) is 19.0.